The smallest absolute Gasteiger partial charge is 0.407 e. The molecule has 0 bridgehead atoms. The number of fused-ring (bicyclic) bond motifs is 1. The Balaban J connectivity index is 1.28. The number of ether oxygens (including phenoxy) is 2. The van der Waals surface area contributed by atoms with Crippen molar-refractivity contribution in [2.45, 2.75) is 43.4 Å². The normalized spacial score (nSPS) is 23.3. The molecule has 1 saturated carbocycles. The Bertz CT molecular complexity index is 1610. The van der Waals surface area contributed by atoms with Crippen LogP contribution in [0.25, 0.3) is 16.8 Å². The number of anilines is 2. The van der Waals surface area contributed by atoms with Crippen molar-refractivity contribution >= 4 is 23.2 Å². The molecule has 6 rings (SSSR count). The Morgan fingerprint density at radius 2 is 1.93 bits per heavy atom. The Morgan fingerprint density at radius 1 is 1.17 bits per heavy atom. The van der Waals surface area contributed by atoms with Crippen LogP contribution in [-0.2, 0) is 15.1 Å². The van der Waals surface area contributed by atoms with Gasteiger partial charge in [-0.3, -0.25) is 4.98 Å². The van der Waals surface area contributed by atoms with Gasteiger partial charge in [-0.15, -0.1) is 0 Å². The molecule has 220 valence electrons. The van der Waals surface area contributed by atoms with Crippen LogP contribution in [0.1, 0.15) is 36.8 Å². The van der Waals surface area contributed by atoms with Crippen molar-refractivity contribution in [2.24, 2.45) is 11.7 Å². The second-order valence-electron chi connectivity index (χ2n) is 11.0. The molecule has 42 heavy (non-hydrogen) atoms. The van der Waals surface area contributed by atoms with E-state index in [0.29, 0.717) is 23.6 Å². The highest BCUT2D eigenvalue weighted by molar-refractivity contribution is 5.68. The fourth-order valence-electron chi connectivity index (χ4n) is 5.90. The molecule has 0 radical (unpaired) electrons. The van der Waals surface area contributed by atoms with Crippen molar-refractivity contribution in [3.8, 4) is 11.3 Å². The number of rotatable bonds is 6. The average molecular weight is 582 g/mol. The van der Waals surface area contributed by atoms with Gasteiger partial charge in [-0.05, 0) is 66.1 Å². The lowest BCUT2D eigenvalue weighted by Crippen LogP contribution is -2.54. The number of nitrogens with two attached hydrogens (primary N) is 1. The monoisotopic (exact) mass is 581 g/mol. The largest absolute Gasteiger partial charge is 0.453 e. The van der Waals surface area contributed by atoms with E-state index in [4.69, 9.17) is 15.2 Å². The van der Waals surface area contributed by atoms with E-state index < -0.39 is 23.4 Å². The molecule has 4 atom stereocenters. The third-order valence-electron chi connectivity index (χ3n) is 8.16. The number of nitrogens with zero attached hydrogens (tertiary/aromatic N) is 4. The molecular formula is C29H30F3N7O3. The molecule has 2 aliphatic rings. The maximum absolute atomic E-state index is 15.1. The summed E-state index contributed by atoms with van der Waals surface area (Å²) < 4.78 is 56.1. The summed E-state index contributed by atoms with van der Waals surface area (Å²) in [5.41, 5.74) is 6.35. The molecule has 3 aromatic heterocycles. The molecule has 0 unspecified atom stereocenters. The van der Waals surface area contributed by atoms with E-state index in [9.17, 15) is 9.18 Å². The minimum absolute atomic E-state index is 0.0190. The lowest BCUT2D eigenvalue weighted by atomic mass is 9.73. The summed E-state index contributed by atoms with van der Waals surface area (Å²) in [6, 6.07) is 6.50. The molecule has 4 aromatic rings. The first-order valence-electron chi connectivity index (χ1n) is 13.6. The molecule has 1 aliphatic heterocycles. The number of nitrogens with one attached hydrogen (secondary N) is 2. The summed E-state index contributed by atoms with van der Waals surface area (Å²) in [6.07, 6.45) is 5.80. The maximum Gasteiger partial charge on any atom is 0.407 e. The number of benzene rings is 1. The van der Waals surface area contributed by atoms with Gasteiger partial charge in [0.25, 0.3) is 0 Å². The molecule has 1 aromatic carbocycles. The third kappa shape index (κ3) is 5.02. The number of alkyl carbamates (subject to hydrolysis) is 1. The summed E-state index contributed by atoms with van der Waals surface area (Å²) in [4.78, 5) is 20.5. The molecular weight excluding hydrogens is 551 g/mol. The number of carbonyl (C=O) groups is 1. The van der Waals surface area contributed by atoms with E-state index >= 15 is 8.78 Å². The highest BCUT2D eigenvalue weighted by Gasteiger charge is 2.42. The van der Waals surface area contributed by atoms with E-state index in [0.717, 1.165) is 24.1 Å². The van der Waals surface area contributed by atoms with Crippen LogP contribution in [-0.4, -0.2) is 58.1 Å². The van der Waals surface area contributed by atoms with Gasteiger partial charge >= 0.3 is 6.09 Å². The number of aromatic nitrogens is 4. The Labute approximate surface area is 239 Å². The van der Waals surface area contributed by atoms with Crippen molar-refractivity contribution in [3.05, 3.63) is 71.7 Å². The summed E-state index contributed by atoms with van der Waals surface area (Å²) in [5, 5.41) is 10.6. The number of hydrogen-bond donors (Lipinski definition) is 3. The molecule has 0 spiro atoms. The van der Waals surface area contributed by atoms with Crippen LogP contribution in [0.3, 0.4) is 0 Å². The third-order valence-corrected chi connectivity index (χ3v) is 8.16. The zero-order valence-corrected chi connectivity index (χ0v) is 23.0. The standard InChI is InChI=1S/C29H30F3N7O3/c1-15-7-16(8-22(33)26(15)37-28(40)41-2)19-5-6-34-12-24(19)36-27-35-11-18-3-4-23(38-39(18)27)25-20(30)9-17(10-21(25)31)29(32)13-42-14-29/h3-6,9-12,15-16,22,26H,7-8,13-14,33H2,1-2H3,(H,35,36)(H,37,40)/t15-,16+,22+,26-/m0/s1. The molecule has 1 aliphatic carbocycles. The van der Waals surface area contributed by atoms with Crippen LogP contribution in [0.4, 0.5) is 29.6 Å². The number of alkyl halides is 1. The Morgan fingerprint density at radius 3 is 2.60 bits per heavy atom. The highest BCUT2D eigenvalue weighted by Crippen LogP contribution is 2.40. The average Bonchev–Trinajstić information content (AvgIpc) is 3.35. The second-order valence-corrected chi connectivity index (χ2v) is 11.0. The van der Waals surface area contributed by atoms with Crippen LogP contribution in [0.5, 0.6) is 0 Å². The van der Waals surface area contributed by atoms with Crippen molar-refractivity contribution in [1.29, 1.82) is 0 Å². The van der Waals surface area contributed by atoms with Gasteiger partial charge in [0.2, 0.25) is 5.95 Å². The quantitative estimate of drug-likeness (QED) is 0.302. The zero-order valence-electron chi connectivity index (χ0n) is 23.0. The number of imidazole rings is 1. The molecule has 4 N–H and O–H groups in total. The van der Waals surface area contributed by atoms with Crippen LogP contribution < -0.4 is 16.4 Å². The number of carbonyl (C=O) groups excluding carboxylic acids is 1. The highest BCUT2D eigenvalue weighted by atomic mass is 19.1. The first kappa shape index (κ1) is 27.9. The number of hydrogen-bond acceptors (Lipinski definition) is 8. The molecule has 1 saturated heterocycles. The lowest BCUT2D eigenvalue weighted by Gasteiger charge is -2.39. The number of halogens is 3. The van der Waals surface area contributed by atoms with Gasteiger partial charge in [0.05, 0.1) is 55.2 Å². The van der Waals surface area contributed by atoms with E-state index in [1.54, 1.807) is 24.7 Å². The SMILES string of the molecule is COC(=O)N[C@@H]1[C@H](N)C[C@H](c2ccncc2Nc2ncc3ccc(-c4c(F)cc(C5(F)COC5)cc4F)nn23)C[C@@H]1C. The predicted molar refractivity (Wildman–Crippen MR) is 148 cm³/mol. The first-order chi connectivity index (χ1) is 20.2. The van der Waals surface area contributed by atoms with Crippen molar-refractivity contribution in [2.75, 3.05) is 25.6 Å². The fourth-order valence-corrected chi connectivity index (χ4v) is 5.90. The number of pyridine rings is 1. The minimum atomic E-state index is -1.90. The summed E-state index contributed by atoms with van der Waals surface area (Å²) in [7, 11) is 1.32. The molecule has 4 heterocycles. The number of methoxy groups -OCH3 is 1. The van der Waals surface area contributed by atoms with Gasteiger partial charge in [-0.25, -0.2) is 22.9 Å². The first-order valence-corrected chi connectivity index (χ1v) is 13.6. The van der Waals surface area contributed by atoms with Gasteiger partial charge in [0, 0.05) is 18.3 Å². The minimum Gasteiger partial charge on any atom is -0.453 e. The van der Waals surface area contributed by atoms with E-state index in [2.05, 4.69) is 25.7 Å². The van der Waals surface area contributed by atoms with Gasteiger partial charge < -0.3 is 25.8 Å². The number of amides is 1. The van der Waals surface area contributed by atoms with Gasteiger partial charge in [-0.1, -0.05) is 6.92 Å². The topological polar surface area (TPSA) is 129 Å². The van der Waals surface area contributed by atoms with E-state index in [-0.39, 0.29) is 54.0 Å². The van der Waals surface area contributed by atoms with Crippen molar-refractivity contribution < 1.29 is 27.4 Å². The van der Waals surface area contributed by atoms with Crippen LogP contribution >= 0.6 is 0 Å². The second kappa shape index (κ2) is 10.9. The van der Waals surface area contributed by atoms with Crippen LogP contribution in [0.15, 0.2) is 48.9 Å². The van der Waals surface area contributed by atoms with E-state index in [1.807, 2.05) is 13.0 Å². The lowest BCUT2D eigenvalue weighted by molar-refractivity contribution is -0.135. The van der Waals surface area contributed by atoms with Gasteiger partial charge in [0.15, 0.2) is 5.67 Å². The summed E-state index contributed by atoms with van der Waals surface area (Å²) in [5.74, 6) is -1.39. The molecule has 2 fully saturated rings. The zero-order chi connectivity index (χ0) is 29.6. The molecule has 10 nitrogen and oxygen atoms in total. The molecule has 13 heteroatoms. The Hall–Kier alpha value is -4.23. The Kier molecular flexibility index (Phi) is 7.23. The maximum atomic E-state index is 15.1. The predicted octanol–water partition coefficient (Wildman–Crippen LogP) is 4.57. The fraction of sp³-hybridized carbons (Fsp3) is 0.379. The van der Waals surface area contributed by atoms with Crippen molar-refractivity contribution in [1.82, 2.24) is 24.9 Å². The molecule has 1 amide bonds. The van der Waals surface area contributed by atoms with Crippen LogP contribution in [0.2, 0.25) is 0 Å². The van der Waals surface area contributed by atoms with Gasteiger partial charge in [-0.2, -0.15) is 9.61 Å². The van der Waals surface area contributed by atoms with E-state index in [1.165, 1.54) is 17.7 Å². The van der Waals surface area contributed by atoms with Gasteiger partial charge in [0.1, 0.15) is 11.6 Å². The summed E-state index contributed by atoms with van der Waals surface area (Å²) in [6.45, 7) is 1.55. The van der Waals surface area contributed by atoms with Crippen LogP contribution in [0, 0.1) is 17.6 Å². The van der Waals surface area contributed by atoms with Crippen molar-refractivity contribution in [3.63, 3.8) is 0 Å². The summed E-state index contributed by atoms with van der Waals surface area (Å²) >= 11 is 0.